The molecule has 70 valence electrons. The minimum atomic E-state index is -0.367. The molecular weight excluding hydrogens is 170 g/mol. The van der Waals surface area contributed by atoms with Gasteiger partial charge in [0.15, 0.2) is 0 Å². The van der Waals surface area contributed by atoms with Crippen molar-refractivity contribution >= 4 is 6.09 Å². The van der Waals surface area contributed by atoms with Crippen LogP contribution in [0.1, 0.15) is 17.4 Å². The summed E-state index contributed by atoms with van der Waals surface area (Å²) >= 11 is 0. The number of nitrogens with zero attached hydrogens (tertiary/aromatic N) is 2. The Bertz CT molecular complexity index is 326. The molecule has 0 spiro atoms. The monoisotopic (exact) mass is 181 g/mol. The van der Waals surface area contributed by atoms with E-state index in [2.05, 4.69) is 10.4 Å². The van der Waals surface area contributed by atoms with E-state index in [-0.39, 0.29) is 12.1 Å². The second kappa shape index (κ2) is 2.76. The van der Waals surface area contributed by atoms with Crippen molar-refractivity contribution in [2.24, 2.45) is 7.05 Å². The Morgan fingerprint density at radius 1 is 1.77 bits per heavy atom. The molecule has 1 fully saturated rings. The van der Waals surface area contributed by atoms with Crippen LogP contribution >= 0.6 is 0 Å². The highest BCUT2D eigenvalue weighted by atomic mass is 16.6. The first-order valence-corrected chi connectivity index (χ1v) is 4.10. The van der Waals surface area contributed by atoms with Gasteiger partial charge in [-0.1, -0.05) is 0 Å². The third-order valence-corrected chi connectivity index (χ3v) is 2.16. The van der Waals surface area contributed by atoms with Gasteiger partial charge in [-0.15, -0.1) is 0 Å². The number of aryl methyl sites for hydroxylation is 2. The molecule has 1 amide bonds. The number of carbonyl (C=O) groups is 1. The van der Waals surface area contributed by atoms with Gasteiger partial charge in [0.2, 0.25) is 0 Å². The summed E-state index contributed by atoms with van der Waals surface area (Å²) in [4.78, 5) is 10.8. The number of rotatable bonds is 1. The van der Waals surface area contributed by atoms with Crippen LogP contribution in [0.2, 0.25) is 0 Å². The summed E-state index contributed by atoms with van der Waals surface area (Å²) in [6.07, 6.45) is -0.367. The third-order valence-electron chi connectivity index (χ3n) is 2.16. The quantitative estimate of drug-likeness (QED) is 0.686. The first-order valence-electron chi connectivity index (χ1n) is 4.10. The molecule has 1 N–H and O–H groups in total. The average molecular weight is 181 g/mol. The van der Waals surface area contributed by atoms with Gasteiger partial charge in [0.25, 0.3) is 0 Å². The molecule has 2 rings (SSSR count). The van der Waals surface area contributed by atoms with E-state index in [1.807, 2.05) is 20.0 Å². The molecule has 5 nitrogen and oxygen atoms in total. The van der Waals surface area contributed by atoms with Crippen LogP contribution < -0.4 is 5.32 Å². The Morgan fingerprint density at radius 2 is 2.54 bits per heavy atom. The number of amides is 1. The maximum Gasteiger partial charge on any atom is 0.407 e. The number of hydrogen-bond acceptors (Lipinski definition) is 3. The van der Waals surface area contributed by atoms with E-state index >= 15 is 0 Å². The van der Waals surface area contributed by atoms with Crippen LogP contribution in [0.3, 0.4) is 0 Å². The van der Waals surface area contributed by atoms with E-state index in [0.29, 0.717) is 6.61 Å². The first kappa shape index (κ1) is 8.10. The number of ether oxygens (including phenoxy) is 1. The fraction of sp³-hybridized carbons (Fsp3) is 0.500. The molecule has 0 bridgehead atoms. The van der Waals surface area contributed by atoms with E-state index in [9.17, 15) is 4.79 Å². The van der Waals surface area contributed by atoms with Crippen LogP contribution in [0.25, 0.3) is 0 Å². The Labute approximate surface area is 75.7 Å². The lowest BCUT2D eigenvalue weighted by atomic mass is 10.2. The van der Waals surface area contributed by atoms with Gasteiger partial charge in [-0.2, -0.15) is 5.10 Å². The molecule has 5 heteroatoms. The largest absolute Gasteiger partial charge is 0.447 e. The molecule has 1 aliphatic rings. The van der Waals surface area contributed by atoms with Gasteiger partial charge in [0.1, 0.15) is 12.6 Å². The molecule has 13 heavy (non-hydrogen) atoms. The predicted molar refractivity (Wildman–Crippen MR) is 45.2 cm³/mol. The summed E-state index contributed by atoms with van der Waals surface area (Å²) in [6.45, 7) is 2.34. The Hall–Kier alpha value is -1.52. The standard InChI is InChI=1S/C8H11N3O2/c1-5-3-6(10-11(5)2)7-4-13-8(12)9-7/h3,7H,4H2,1-2H3,(H,9,12). The second-order valence-corrected chi connectivity index (χ2v) is 3.13. The lowest BCUT2D eigenvalue weighted by molar-refractivity contribution is 0.177. The van der Waals surface area contributed by atoms with Gasteiger partial charge < -0.3 is 10.1 Å². The van der Waals surface area contributed by atoms with Crippen molar-refractivity contribution in [1.29, 1.82) is 0 Å². The van der Waals surface area contributed by atoms with E-state index in [4.69, 9.17) is 4.74 Å². The zero-order valence-electron chi connectivity index (χ0n) is 7.57. The van der Waals surface area contributed by atoms with Gasteiger partial charge in [-0.05, 0) is 13.0 Å². The van der Waals surface area contributed by atoms with Gasteiger partial charge in [-0.3, -0.25) is 4.68 Å². The first-order chi connectivity index (χ1) is 6.16. The van der Waals surface area contributed by atoms with E-state index in [1.54, 1.807) is 4.68 Å². The van der Waals surface area contributed by atoms with Gasteiger partial charge in [0.05, 0.1) is 5.69 Å². The zero-order chi connectivity index (χ0) is 9.42. The van der Waals surface area contributed by atoms with Crippen LogP contribution in [0.15, 0.2) is 6.07 Å². The molecule has 0 aliphatic carbocycles. The summed E-state index contributed by atoms with van der Waals surface area (Å²) in [5, 5.41) is 6.92. The number of hydrogen-bond donors (Lipinski definition) is 1. The number of aromatic nitrogens is 2. The van der Waals surface area contributed by atoms with Crippen LogP contribution in [0.5, 0.6) is 0 Å². The molecule has 0 radical (unpaired) electrons. The molecule has 0 aromatic carbocycles. The summed E-state index contributed by atoms with van der Waals surface area (Å²) in [5.41, 5.74) is 1.92. The number of alkyl carbamates (subject to hydrolysis) is 1. The van der Waals surface area contributed by atoms with E-state index in [0.717, 1.165) is 11.4 Å². The molecule has 1 unspecified atom stereocenters. The van der Waals surface area contributed by atoms with Crippen molar-refractivity contribution in [3.8, 4) is 0 Å². The minimum Gasteiger partial charge on any atom is -0.447 e. The summed E-state index contributed by atoms with van der Waals surface area (Å²) < 4.78 is 6.55. The van der Waals surface area contributed by atoms with Crippen molar-refractivity contribution < 1.29 is 9.53 Å². The molecule has 1 aliphatic heterocycles. The van der Waals surface area contributed by atoms with Gasteiger partial charge in [-0.25, -0.2) is 4.79 Å². The van der Waals surface area contributed by atoms with Crippen LogP contribution in [0.4, 0.5) is 4.79 Å². The lowest BCUT2D eigenvalue weighted by Crippen LogP contribution is -2.18. The fourth-order valence-electron chi connectivity index (χ4n) is 1.30. The summed E-state index contributed by atoms with van der Waals surface area (Å²) in [6, 6.07) is 1.85. The number of carbonyl (C=O) groups excluding carboxylic acids is 1. The Balaban J connectivity index is 2.21. The highest BCUT2D eigenvalue weighted by molar-refractivity contribution is 5.69. The fourth-order valence-corrected chi connectivity index (χ4v) is 1.30. The number of nitrogens with one attached hydrogen (secondary N) is 1. The Kier molecular flexibility index (Phi) is 1.72. The van der Waals surface area contributed by atoms with Crippen LogP contribution in [-0.4, -0.2) is 22.5 Å². The summed E-state index contributed by atoms with van der Waals surface area (Å²) in [7, 11) is 1.87. The van der Waals surface area contributed by atoms with Crippen molar-refractivity contribution in [3.05, 3.63) is 17.5 Å². The molecule has 2 heterocycles. The smallest absolute Gasteiger partial charge is 0.407 e. The molecule has 1 atom stereocenters. The van der Waals surface area contributed by atoms with E-state index < -0.39 is 0 Å². The molecule has 1 saturated heterocycles. The SMILES string of the molecule is Cc1cc(C2COC(=O)N2)nn1C. The van der Waals surface area contributed by atoms with Crippen molar-refractivity contribution in [2.75, 3.05) is 6.61 Å². The predicted octanol–water partition coefficient (Wildman–Crippen LogP) is 0.509. The molecule has 1 aromatic rings. The van der Waals surface area contributed by atoms with Crippen molar-refractivity contribution in [1.82, 2.24) is 15.1 Å². The third kappa shape index (κ3) is 1.37. The zero-order valence-corrected chi connectivity index (χ0v) is 7.57. The van der Waals surface area contributed by atoms with Crippen molar-refractivity contribution in [2.45, 2.75) is 13.0 Å². The normalized spacial score (nSPS) is 21.4. The maximum atomic E-state index is 10.8. The molecule has 0 saturated carbocycles. The highest BCUT2D eigenvalue weighted by Gasteiger charge is 2.25. The van der Waals surface area contributed by atoms with Gasteiger partial charge in [0, 0.05) is 12.7 Å². The Morgan fingerprint density at radius 3 is 3.00 bits per heavy atom. The summed E-state index contributed by atoms with van der Waals surface area (Å²) in [5.74, 6) is 0. The van der Waals surface area contributed by atoms with Crippen LogP contribution in [0, 0.1) is 6.92 Å². The maximum absolute atomic E-state index is 10.8. The number of cyclic esters (lactones) is 1. The average Bonchev–Trinajstić information content (AvgIpc) is 2.61. The second-order valence-electron chi connectivity index (χ2n) is 3.13. The molecular formula is C8H11N3O2. The highest BCUT2D eigenvalue weighted by Crippen LogP contribution is 2.16. The van der Waals surface area contributed by atoms with Crippen molar-refractivity contribution in [3.63, 3.8) is 0 Å². The van der Waals surface area contributed by atoms with Gasteiger partial charge >= 0.3 is 6.09 Å². The topological polar surface area (TPSA) is 56.1 Å². The minimum absolute atomic E-state index is 0.0904. The van der Waals surface area contributed by atoms with Crippen LogP contribution in [-0.2, 0) is 11.8 Å². The molecule has 1 aromatic heterocycles. The van der Waals surface area contributed by atoms with E-state index in [1.165, 1.54) is 0 Å². The lowest BCUT2D eigenvalue weighted by Gasteiger charge is -2.00.